The predicted octanol–water partition coefficient (Wildman–Crippen LogP) is 2.98. The van der Waals surface area contributed by atoms with Crippen molar-refractivity contribution in [3.05, 3.63) is 53.3 Å². The number of likely N-dealkylation sites (tertiary alicyclic amines) is 1. The number of carbonyl (C=O) groups is 1. The quantitative estimate of drug-likeness (QED) is 0.922. The number of benzene rings is 1. The van der Waals surface area contributed by atoms with E-state index in [1.807, 2.05) is 23.0 Å². The first-order chi connectivity index (χ1) is 11.2. The standard InChI is InChI=1S/C18H23N3O2/c1-2-21-11-9-17(19-21)13-20-10-3-4-16(12-20)14-5-7-15(8-6-14)18(22)23/h5-9,11,16H,2-4,10,12-13H2,1H3,(H,22,23)/t16-/m1/s1. The van der Waals surface area contributed by atoms with E-state index in [9.17, 15) is 4.79 Å². The summed E-state index contributed by atoms with van der Waals surface area (Å²) in [5, 5.41) is 13.6. The summed E-state index contributed by atoms with van der Waals surface area (Å²) in [5.41, 5.74) is 2.71. The fraction of sp³-hybridized carbons (Fsp3) is 0.444. The van der Waals surface area contributed by atoms with E-state index in [2.05, 4.69) is 23.0 Å². The van der Waals surface area contributed by atoms with Crippen molar-refractivity contribution in [2.24, 2.45) is 0 Å². The first-order valence-corrected chi connectivity index (χ1v) is 8.23. The van der Waals surface area contributed by atoms with Gasteiger partial charge in [-0.3, -0.25) is 9.58 Å². The molecule has 1 aromatic carbocycles. The number of aromatic nitrogens is 2. The molecule has 23 heavy (non-hydrogen) atoms. The van der Waals surface area contributed by atoms with Gasteiger partial charge in [-0.15, -0.1) is 0 Å². The molecule has 0 aliphatic carbocycles. The summed E-state index contributed by atoms with van der Waals surface area (Å²) in [4.78, 5) is 13.4. The Bertz CT molecular complexity index is 663. The van der Waals surface area contributed by atoms with Crippen LogP contribution in [-0.2, 0) is 13.1 Å². The molecule has 0 spiro atoms. The van der Waals surface area contributed by atoms with Crippen LogP contribution in [0, 0.1) is 0 Å². The van der Waals surface area contributed by atoms with Crippen molar-refractivity contribution in [3.8, 4) is 0 Å². The number of aromatic carboxylic acids is 1. The van der Waals surface area contributed by atoms with Crippen molar-refractivity contribution in [2.45, 2.75) is 38.8 Å². The van der Waals surface area contributed by atoms with Gasteiger partial charge in [0.25, 0.3) is 0 Å². The highest BCUT2D eigenvalue weighted by atomic mass is 16.4. The summed E-state index contributed by atoms with van der Waals surface area (Å²) >= 11 is 0. The van der Waals surface area contributed by atoms with Gasteiger partial charge in [-0.1, -0.05) is 12.1 Å². The number of hydrogen-bond donors (Lipinski definition) is 1. The molecule has 0 bridgehead atoms. The third kappa shape index (κ3) is 3.79. The number of aryl methyl sites for hydroxylation is 1. The second-order valence-corrected chi connectivity index (χ2v) is 6.16. The van der Waals surface area contributed by atoms with Crippen LogP contribution in [0.2, 0.25) is 0 Å². The molecule has 5 nitrogen and oxygen atoms in total. The predicted molar refractivity (Wildman–Crippen MR) is 88.6 cm³/mol. The van der Waals surface area contributed by atoms with Crippen LogP contribution in [0.1, 0.15) is 47.3 Å². The Morgan fingerprint density at radius 2 is 2.09 bits per heavy atom. The first-order valence-electron chi connectivity index (χ1n) is 8.23. The largest absolute Gasteiger partial charge is 0.478 e. The van der Waals surface area contributed by atoms with Gasteiger partial charge in [0, 0.05) is 25.8 Å². The molecule has 2 heterocycles. The lowest BCUT2D eigenvalue weighted by Gasteiger charge is -2.32. The molecule has 1 saturated heterocycles. The monoisotopic (exact) mass is 313 g/mol. The highest BCUT2D eigenvalue weighted by Gasteiger charge is 2.22. The Morgan fingerprint density at radius 3 is 2.74 bits per heavy atom. The van der Waals surface area contributed by atoms with Gasteiger partial charge in [0.15, 0.2) is 0 Å². The second-order valence-electron chi connectivity index (χ2n) is 6.16. The van der Waals surface area contributed by atoms with Crippen molar-refractivity contribution in [1.29, 1.82) is 0 Å². The van der Waals surface area contributed by atoms with E-state index >= 15 is 0 Å². The lowest BCUT2D eigenvalue weighted by atomic mass is 9.90. The van der Waals surface area contributed by atoms with Crippen molar-refractivity contribution in [3.63, 3.8) is 0 Å². The lowest BCUT2D eigenvalue weighted by Crippen LogP contribution is -2.34. The second kappa shape index (κ2) is 6.96. The van der Waals surface area contributed by atoms with Gasteiger partial charge in [-0.2, -0.15) is 5.10 Å². The minimum atomic E-state index is -0.867. The number of carboxylic acids is 1. The van der Waals surface area contributed by atoms with Crippen molar-refractivity contribution in [2.75, 3.05) is 13.1 Å². The Morgan fingerprint density at radius 1 is 1.30 bits per heavy atom. The SMILES string of the molecule is CCn1ccc(CN2CCC[C@@H](c3ccc(C(=O)O)cc3)C2)n1. The van der Waals surface area contributed by atoms with Crippen LogP contribution in [0.4, 0.5) is 0 Å². The highest BCUT2D eigenvalue weighted by Crippen LogP contribution is 2.27. The number of piperidine rings is 1. The lowest BCUT2D eigenvalue weighted by molar-refractivity contribution is 0.0697. The molecule has 0 amide bonds. The van der Waals surface area contributed by atoms with E-state index in [-0.39, 0.29) is 0 Å². The van der Waals surface area contributed by atoms with E-state index in [1.54, 1.807) is 12.1 Å². The molecule has 0 radical (unpaired) electrons. The van der Waals surface area contributed by atoms with Gasteiger partial charge in [-0.25, -0.2) is 4.79 Å². The molecular weight excluding hydrogens is 290 g/mol. The molecule has 2 aromatic rings. The number of hydrogen-bond acceptors (Lipinski definition) is 3. The van der Waals surface area contributed by atoms with Crippen LogP contribution < -0.4 is 0 Å². The smallest absolute Gasteiger partial charge is 0.335 e. The van der Waals surface area contributed by atoms with Gasteiger partial charge in [0.05, 0.1) is 11.3 Å². The first kappa shape index (κ1) is 15.7. The average molecular weight is 313 g/mol. The Kier molecular flexibility index (Phi) is 4.76. The van der Waals surface area contributed by atoms with E-state index in [0.717, 1.165) is 38.3 Å². The molecule has 1 N–H and O–H groups in total. The summed E-state index contributed by atoms with van der Waals surface area (Å²) < 4.78 is 1.96. The zero-order valence-corrected chi connectivity index (χ0v) is 13.5. The fourth-order valence-corrected chi connectivity index (χ4v) is 3.26. The molecule has 0 saturated carbocycles. The van der Waals surface area contributed by atoms with Crippen LogP contribution >= 0.6 is 0 Å². The maximum atomic E-state index is 11.0. The fourth-order valence-electron chi connectivity index (χ4n) is 3.26. The summed E-state index contributed by atoms with van der Waals surface area (Å²) in [6, 6.07) is 9.43. The minimum Gasteiger partial charge on any atom is -0.478 e. The summed E-state index contributed by atoms with van der Waals surface area (Å²) in [6.45, 7) is 5.98. The zero-order chi connectivity index (χ0) is 16.2. The highest BCUT2D eigenvalue weighted by molar-refractivity contribution is 5.87. The van der Waals surface area contributed by atoms with E-state index < -0.39 is 5.97 Å². The number of rotatable bonds is 5. The summed E-state index contributed by atoms with van der Waals surface area (Å²) in [5.74, 6) is -0.395. The van der Waals surface area contributed by atoms with Gasteiger partial charge < -0.3 is 5.11 Å². The van der Waals surface area contributed by atoms with E-state index in [1.165, 1.54) is 12.0 Å². The Balaban J connectivity index is 1.64. The van der Waals surface area contributed by atoms with Gasteiger partial charge >= 0.3 is 5.97 Å². The number of carboxylic acid groups (broad SMARTS) is 1. The molecule has 5 heteroatoms. The maximum Gasteiger partial charge on any atom is 0.335 e. The molecule has 1 aliphatic heterocycles. The number of nitrogens with zero attached hydrogens (tertiary/aromatic N) is 3. The average Bonchev–Trinajstić information content (AvgIpc) is 3.03. The van der Waals surface area contributed by atoms with Crippen LogP contribution in [0.3, 0.4) is 0 Å². The van der Waals surface area contributed by atoms with Crippen molar-refractivity contribution < 1.29 is 9.90 Å². The molecule has 1 aliphatic rings. The topological polar surface area (TPSA) is 58.4 Å². The molecule has 3 rings (SSSR count). The summed E-state index contributed by atoms with van der Waals surface area (Å²) in [7, 11) is 0. The molecule has 1 aromatic heterocycles. The van der Waals surface area contributed by atoms with Crippen molar-refractivity contribution >= 4 is 5.97 Å². The van der Waals surface area contributed by atoms with E-state index in [0.29, 0.717) is 11.5 Å². The third-order valence-electron chi connectivity index (χ3n) is 4.54. The zero-order valence-electron chi connectivity index (χ0n) is 13.5. The summed E-state index contributed by atoms with van der Waals surface area (Å²) in [6.07, 6.45) is 4.35. The Labute approximate surface area is 136 Å². The van der Waals surface area contributed by atoms with Crippen LogP contribution in [0.15, 0.2) is 36.5 Å². The molecule has 122 valence electrons. The Hall–Kier alpha value is -2.14. The van der Waals surface area contributed by atoms with Crippen LogP contribution in [0.25, 0.3) is 0 Å². The van der Waals surface area contributed by atoms with Crippen LogP contribution in [0.5, 0.6) is 0 Å². The minimum absolute atomic E-state index is 0.353. The molecule has 1 fully saturated rings. The third-order valence-corrected chi connectivity index (χ3v) is 4.54. The molecular formula is C18H23N3O2. The molecule has 1 atom stereocenters. The van der Waals surface area contributed by atoms with Gasteiger partial charge in [0.2, 0.25) is 0 Å². The maximum absolute atomic E-state index is 11.0. The van der Waals surface area contributed by atoms with Crippen LogP contribution in [-0.4, -0.2) is 38.8 Å². The van der Waals surface area contributed by atoms with Gasteiger partial charge in [-0.05, 0) is 56.0 Å². The van der Waals surface area contributed by atoms with Crippen molar-refractivity contribution in [1.82, 2.24) is 14.7 Å². The molecule has 0 unspecified atom stereocenters. The van der Waals surface area contributed by atoms with E-state index in [4.69, 9.17) is 5.11 Å². The van der Waals surface area contributed by atoms with Gasteiger partial charge in [0.1, 0.15) is 0 Å². The normalized spacial score (nSPS) is 18.9.